The number of aromatic nitrogens is 3. The van der Waals surface area contributed by atoms with Gasteiger partial charge in [0.15, 0.2) is 34.4 Å². The van der Waals surface area contributed by atoms with Crippen molar-refractivity contribution in [3.63, 3.8) is 0 Å². The first-order valence-electron chi connectivity index (χ1n) is 8.31. The number of hydrogen-bond acceptors (Lipinski definition) is 6. The van der Waals surface area contributed by atoms with E-state index in [4.69, 9.17) is 9.47 Å². The number of benzene rings is 2. The Morgan fingerprint density at radius 3 is 2.70 bits per heavy atom. The summed E-state index contributed by atoms with van der Waals surface area (Å²) in [7, 11) is 1.82. The summed E-state index contributed by atoms with van der Waals surface area (Å²) < 4.78 is 26.4. The Labute approximate surface area is 159 Å². The van der Waals surface area contributed by atoms with Crippen molar-refractivity contribution in [2.45, 2.75) is 11.3 Å². The fourth-order valence-electron chi connectivity index (χ4n) is 2.73. The number of thioether (sulfide) groups is 1. The number of ether oxygens (including phenoxy) is 2. The predicted octanol–water partition coefficient (Wildman–Crippen LogP) is 3.44. The Bertz CT molecular complexity index is 975. The third-order valence-electron chi connectivity index (χ3n) is 4.16. The third-order valence-corrected chi connectivity index (χ3v) is 5.18. The van der Waals surface area contributed by atoms with E-state index in [1.807, 2.05) is 31.3 Å². The fourth-order valence-corrected chi connectivity index (χ4v) is 3.54. The average molecular weight is 385 g/mol. The molecule has 0 saturated heterocycles. The second kappa shape index (κ2) is 7.40. The summed E-state index contributed by atoms with van der Waals surface area (Å²) in [4.78, 5) is 12.2. The molecule has 138 valence electrons. The zero-order valence-corrected chi connectivity index (χ0v) is 15.3. The maximum atomic E-state index is 13.0. The van der Waals surface area contributed by atoms with Gasteiger partial charge in [0.25, 0.3) is 0 Å². The van der Waals surface area contributed by atoms with Gasteiger partial charge < -0.3 is 14.0 Å². The van der Waals surface area contributed by atoms with Crippen LogP contribution < -0.4 is 9.47 Å². The number of fused-ring (bicyclic) bond motifs is 1. The monoisotopic (exact) mass is 385 g/mol. The molecule has 3 aromatic rings. The van der Waals surface area contributed by atoms with E-state index < -0.39 is 0 Å². The van der Waals surface area contributed by atoms with Crippen LogP contribution in [0, 0.1) is 5.82 Å². The summed E-state index contributed by atoms with van der Waals surface area (Å²) in [6.45, 7) is 0.335. The van der Waals surface area contributed by atoms with Crippen molar-refractivity contribution in [1.29, 1.82) is 0 Å². The van der Waals surface area contributed by atoms with Crippen LogP contribution in [0.3, 0.4) is 0 Å². The van der Waals surface area contributed by atoms with Crippen LogP contribution in [0.2, 0.25) is 0 Å². The molecule has 2 aromatic carbocycles. The molecule has 1 aliphatic heterocycles. The van der Waals surface area contributed by atoms with Crippen LogP contribution >= 0.6 is 11.8 Å². The zero-order chi connectivity index (χ0) is 18.8. The van der Waals surface area contributed by atoms with E-state index in [1.165, 1.54) is 36.0 Å². The van der Waals surface area contributed by atoms with Crippen molar-refractivity contribution in [2.75, 3.05) is 12.4 Å². The highest BCUT2D eigenvalue weighted by atomic mass is 32.2. The number of hydrogen-bond donors (Lipinski definition) is 0. The average Bonchev–Trinajstić information content (AvgIpc) is 3.06. The molecule has 0 saturated carbocycles. The van der Waals surface area contributed by atoms with Crippen molar-refractivity contribution in [3.8, 4) is 11.5 Å². The summed E-state index contributed by atoms with van der Waals surface area (Å²) in [5.74, 6) is 1.71. The number of nitrogens with zero attached hydrogens (tertiary/aromatic N) is 3. The van der Waals surface area contributed by atoms with Crippen LogP contribution in [0.25, 0.3) is 0 Å². The highest BCUT2D eigenvalue weighted by molar-refractivity contribution is 7.99. The van der Waals surface area contributed by atoms with Gasteiger partial charge in [-0.2, -0.15) is 0 Å². The van der Waals surface area contributed by atoms with E-state index in [9.17, 15) is 9.18 Å². The Morgan fingerprint density at radius 2 is 1.93 bits per heavy atom. The molecule has 0 fully saturated rings. The van der Waals surface area contributed by atoms with Gasteiger partial charge in [-0.1, -0.05) is 23.9 Å². The van der Waals surface area contributed by atoms with Crippen LogP contribution in [-0.4, -0.2) is 32.9 Å². The summed E-state index contributed by atoms with van der Waals surface area (Å²) >= 11 is 1.27. The van der Waals surface area contributed by atoms with Gasteiger partial charge in [0.05, 0.1) is 5.75 Å². The molecule has 0 aliphatic carbocycles. The van der Waals surface area contributed by atoms with Gasteiger partial charge in [0.1, 0.15) is 12.4 Å². The quantitative estimate of drug-likeness (QED) is 0.495. The first-order valence-corrected chi connectivity index (χ1v) is 9.29. The summed E-state index contributed by atoms with van der Waals surface area (Å²) in [5.41, 5.74) is 0.465. The number of ketones is 1. The van der Waals surface area contributed by atoms with Gasteiger partial charge in [0, 0.05) is 12.6 Å². The molecule has 1 unspecified atom stereocenters. The van der Waals surface area contributed by atoms with Gasteiger partial charge in [0.2, 0.25) is 0 Å². The highest BCUT2D eigenvalue weighted by Gasteiger charge is 2.27. The second-order valence-electron chi connectivity index (χ2n) is 5.98. The molecule has 0 N–H and O–H groups in total. The van der Waals surface area contributed by atoms with Crippen LogP contribution in [0.15, 0.2) is 53.7 Å². The number of halogens is 1. The summed E-state index contributed by atoms with van der Waals surface area (Å²) in [5, 5.41) is 8.96. The maximum absolute atomic E-state index is 13.0. The Balaban J connectivity index is 1.43. The van der Waals surface area contributed by atoms with Gasteiger partial charge in [-0.3, -0.25) is 4.79 Å². The number of carbonyl (C=O) groups excluding carboxylic acids is 1. The van der Waals surface area contributed by atoms with Crippen molar-refractivity contribution >= 4 is 17.5 Å². The highest BCUT2D eigenvalue weighted by Crippen LogP contribution is 2.35. The van der Waals surface area contributed by atoms with E-state index in [1.54, 1.807) is 4.57 Å². The van der Waals surface area contributed by atoms with Crippen LogP contribution in [0.4, 0.5) is 4.39 Å². The van der Waals surface area contributed by atoms with Crippen molar-refractivity contribution in [2.24, 2.45) is 7.05 Å². The molecule has 0 radical (unpaired) electrons. The molecule has 27 heavy (non-hydrogen) atoms. The third kappa shape index (κ3) is 3.66. The van der Waals surface area contributed by atoms with E-state index in [-0.39, 0.29) is 23.5 Å². The first kappa shape index (κ1) is 17.5. The number of carbonyl (C=O) groups is 1. The van der Waals surface area contributed by atoms with Gasteiger partial charge in [-0.25, -0.2) is 4.39 Å². The zero-order valence-electron chi connectivity index (χ0n) is 14.5. The molecule has 1 aromatic heterocycles. The molecule has 6 nitrogen and oxygen atoms in total. The minimum Gasteiger partial charge on any atom is -0.485 e. The lowest BCUT2D eigenvalue weighted by atomic mass is 10.1. The van der Waals surface area contributed by atoms with E-state index >= 15 is 0 Å². The molecular weight excluding hydrogens is 369 g/mol. The minimum absolute atomic E-state index is 0.101. The largest absolute Gasteiger partial charge is 0.485 e. The SMILES string of the molecule is Cn1c(SCC(=O)c2ccc(F)cc2)nnc1C1COc2ccccc2O1. The molecular formula is C19H16FN3O3S. The normalized spacial score (nSPS) is 15.6. The van der Waals surface area contributed by atoms with Crippen molar-refractivity contribution in [1.82, 2.24) is 14.8 Å². The van der Waals surface area contributed by atoms with Crippen LogP contribution in [0.1, 0.15) is 22.3 Å². The maximum Gasteiger partial charge on any atom is 0.192 e. The molecule has 0 bridgehead atoms. The summed E-state index contributed by atoms with van der Waals surface area (Å²) in [6, 6.07) is 13.0. The lowest BCUT2D eigenvalue weighted by molar-refractivity contribution is 0.0825. The van der Waals surface area contributed by atoms with Crippen LogP contribution in [-0.2, 0) is 7.05 Å². The van der Waals surface area contributed by atoms with E-state index in [0.29, 0.717) is 34.7 Å². The topological polar surface area (TPSA) is 66.2 Å². The first-order chi connectivity index (χ1) is 13.1. The fraction of sp³-hybridized carbons (Fsp3) is 0.211. The smallest absolute Gasteiger partial charge is 0.192 e. The summed E-state index contributed by atoms with van der Waals surface area (Å²) in [6.07, 6.45) is -0.375. The van der Waals surface area contributed by atoms with Gasteiger partial charge >= 0.3 is 0 Å². The van der Waals surface area contributed by atoms with Gasteiger partial charge in [-0.05, 0) is 36.4 Å². The Morgan fingerprint density at radius 1 is 1.19 bits per heavy atom. The molecule has 0 spiro atoms. The van der Waals surface area contributed by atoms with Crippen molar-refractivity contribution < 1.29 is 18.7 Å². The number of rotatable bonds is 5. The van der Waals surface area contributed by atoms with Gasteiger partial charge in [-0.15, -0.1) is 10.2 Å². The second-order valence-corrected chi connectivity index (χ2v) is 6.93. The molecule has 8 heteroatoms. The Hall–Kier alpha value is -2.87. The molecule has 4 rings (SSSR count). The Kier molecular flexibility index (Phi) is 4.81. The van der Waals surface area contributed by atoms with E-state index in [0.717, 1.165) is 0 Å². The lowest BCUT2D eigenvalue weighted by Crippen LogP contribution is -2.24. The molecule has 1 aliphatic rings. The predicted molar refractivity (Wildman–Crippen MR) is 97.8 cm³/mol. The minimum atomic E-state index is -0.375. The van der Waals surface area contributed by atoms with Crippen molar-refractivity contribution in [3.05, 3.63) is 65.7 Å². The van der Waals surface area contributed by atoms with Crippen LogP contribution in [0.5, 0.6) is 11.5 Å². The lowest BCUT2D eigenvalue weighted by Gasteiger charge is -2.25. The molecule has 1 atom stereocenters. The number of para-hydroxylation sites is 2. The number of Topliss-reactive ketones (excluding diaryl/α,β-unsaturated/α-hetero) is 1. The molecule has 2 heterocycles. The standard InChI is InChI=1S/C19H16FN3O3S/c1-23-18(17-10-25-15-4-2-3-5-16(15)26-17)21-22-19(23)27-11-14(24)12-6-8-13(20)9-7-12/h2-9,17H,10-11H2,1H3. The van der Waals surface area contributed by atoms with E-state index in [2.05, 4.69) is 10.2 Å². The molecule has 0 amide bonds.